The lowest BCUT2D eigenvalue weighted by molar-refractivity contribution is 0.0886. The van der Waals surface area contributed by atoms with Crippen LogP contribution in [0.3, 0.4) is 0 Å². The highest BCUT2D eigenvalue weighted by Gasteiger charge is 2.76. The van der Waals surface area contributed by atoms with Gasteiger partial charge >= 0.3 is 0 Å². The SMILES string of the molecule is C[C@@]1(N)[C@H](c2ccccc2)C1(F)F. The molecule has 1 aliphatic rings. The van der Waals surface area contributed by atoms with Crippen LogP contribution in [0.2, 0.25) is 0 Å². The van der Waals surface area contributed by atoms with Crippen LogP contribution in [0.15, 0.2) is 30.3 Å². The summed E-state index contributed by atoms with van der Waals surface area (Å²) in [6.07, 6.45) is 0. The van der Waals surface area contributed by atoms with Crippen molar-refractivity contribution in [1.29, 1.82) is 0 Å². The Hall–Kier alpha value is -0.960. The van der Waals surface area contributed by atoms with E-state index < -0.39 is 17.4 Å². The minimum atomic E-state index is -2.76. The van der Waals surface area contributed by atoms with Crippen LogP contribution in [0.25, 0.3) is 0 Å². The van der Waals surface area contributed by atoms with E-state index in [0.29, 0.717) is 5.56 Å². The zero-order valence-corrected chi connectivity index (χ0v) is 7.30. The number of nitrogens with two attached hydrogens (primary N) is 1. The van der Waals surface area contributed by atoms with Gasteiger partial charge in [-0.15, -0.1) is 0 Å². The second-order valence-electron chi connectivity index (χ2n) is 3.75. The largest absolute Gasteiger partial charge is 0.320 e. The smallest absolute Gasteiger partial charge is 0.274 e. The van der Waals surface area contributed by atoms with Crippen LogP contribution < -0.4 is 5.73 Å². The van der Waals surface area contributed by atoms with E-state index in [4.69, 9.17) is 5.73 Å². The molecule has 0 heterocycles. The first-order chi connectivity index (χ1) is 5.98. The van der Waals surface area contributed by atoms with E-state index >= 15 is 0 Å². The van der Waals surface area contributed by atoms with Gasteiger partial charge in [-0.1, -0.05) is 30.3 Å². The van der Waals surface area contributed by atoms with Gasteiger partial charge in [0.05, 0.1) is 11.5 Å². The van der Waals surface area contributed by atoms with E-state index in [1.54, 1.807) is 30.3 Å². The fourth-order valence-electron chi connectivity index (χ4n) is 1.75. The maximum Gasteiger partial charge on any atom is 0.274 e. The number of rotatable bonds is 1. The van der Waals surface area contributed by atoms with Crippen molar-refractivity contribution in [3.63, 3.8) is 0 Å². The molecule has 0 aromatic heterocycles. The Morgan fingerprint density at radius 3 is 2.08 bits per heavy atom. The Labute approximate surface area is 75.6 Å². The molecule has 1 saturated carbocycles. The molecule has 13 heavy (non-hydrogen) atoms. The van der Waals surface area contributed by atoms with Gasteiger partial charge in [-0.2, -0.15) is 0 Å². The first kappa shape index (κ1) is 8.63. The predicted octanol–water partition coefficient (Wildman–Crippen LogP) is 2.14. The van der Waals surface area contributed by atoms with Gasteiger partial charge in [0.15, 0.2) is 0 Å². The van der Waals surface area contributed by atoms with Crippen LogP contribution >= 0.6 is 0 Å². The molecule has 0 saturated heterocycles. The maximum absolute atomic E-state index is 13.1. The van der Waals surface area contributed by atoms with E-state index in [9.17, 15) is 8.78 Å². The molecule has 0 unspecified atom stereocenters. The molecule has 3 heteroatoms. The first-order valence-corrected chi connectivity index (χ1v) is 4.19. The van der Waals surface area contributed by atoms with Crippen LogP contribution in [-0.2, 0) is 0 Å². The Balaban J connectivity index is 2.33. The molecule has 1 nitrogen and oxygen atoms in total. The standard InChI is InChI=1S/C10H11F2N/c1-9(13)8(10(9,11)12)7-5-3-2-4-6-7/h2-6,8H,13H2,1H3/t8-,9+/m0/s1. The third-order valence-electron chi connectivity index (χ3n) is 2.73. The first-order valence-electron chi connectivity index (χ1n) is 4.19. The van der Waals surface area contributed by atoms with Crippen LogP contribution in [0.4, 0.5) is 8.78 Å². The molecule has 2 rings (SSSR count). The van der Waals surface area contributed by atoms with E-state index in [2.05, 4.69) is 0 Å². The minimum absolute atomic E-state index is 0.623. The van der Waals surface area contributed by atoms with Crippen LogP contribution in [0.5, 0.6) is 0 Å². The predicted molar refractivity (Wildman–Crippen MR) is 46.7 cm³/mol. The molecule has 1 aromatic rings. The van der Waals surface area contributed by atoms with Gasteiger partial charge in [-0.05, 0) is 12.5 Å². The molecule has 0 radical (unpaired) electrons. The molecular weight excluding hydrogens is 172 g/mol. The number of hydrogen-bond donors (Lipinski definition) is 1. The van der Waals surface area contributed by atoms with Crippen molar-refractivity contribution in [3.8, 4) is 0 Å². The van der Waals surface area contributed by atoms with E-state index in [-0.39, 0.29) is 0 Å². The van der Waals surface area contributed by atoms with Gasteiger partial charge in [0.1, 0.15) is 0 Å². The van der Waals surface area contributed by atoms with Crippen molar-refractivity contribution in [2.24, 2.45) is 5.73 Å². The van der Waals surface area contributed by atoms with Crippen LogP contribution in [-0.4, -0.2) is 11.5 Å². The quantitative estimate of drug-likeness (QED) is 0.709. The highest BCUT2D eigenvalue weighted by Crippen LogP contribution is 2.62. The fourth-order valence-corrected chi connectivity index (χ4v) is 1.75. The van der Waals surface area contributed by atoms with Crippen LogP contribution in [0, 0.1) is 0 Å². The van der Waals surface area contributed by atoms with Gasteiger partial charge in [0.25, 0.3) is 5.92 Å². The van der Waals surface area contributed by atoms with E-state index in [1.807, 2.05) is 0 Å². The normalized spacial score (nSPS) is 35.8. The van der Waals surface area contributed by atoms with Crippen molar-refractivity contribution in [2.45, 2.75) is 24.3 Å². The second kappa shape index (κ2) is 2.29. The van der Waals surface area contributed by atoms with Crippen molar-refractivity contribution < 1.29 is 8.78 Å². The molecule has 0 bridgehead atoms. The molecule has 0 spiro atoms. The second-order valence-corrected chi connectivity index (χ2v) is 3.75. The minimum Gasteiger partial charge on any atom is -0.320 e. The number of alkyl halides is 2. The molecule has 70 valence electrons. The Morgan fingerprint density at radius 1 is 1.23 bits per heavy atom. The fraction of sp³-hybridized carbons (Fsp3) is 0.400. The van der Waals surface area contributed by atoms with Gasteiger partial charge in [0.2, 0.25) is 0 Å². The highest BCUT2D eigenvalue weighted by molar-refractivity contribution is 5.40. The molecule has 2 N–H and O–H groups in total. The Kier molecular flexibility index (Phi) is 1.52. The molecule has 1 aromatic carbocycles. The van der Waals surface area contributed by atoms with E-state index in [1.165, 1.54) is 6.92 Å². The van der Waals surface area contributed by atoms with Crippen molar-refractivity contribution in [3.05, 3.63) is 35.9 Å². The summed E-state index contributed by atoms with van der Waals surface area (Å²) in [7, 11) is 0. The van der Waals surface area contributed by atoms with Crippen molar-refractivity contribution in [1.82, 2.24) is 0 Å². The lowest BCUT2D eigenvalue weighted by Crippen LogP contribution is -2.25. The summed E-state index contributed by atoms with van der Waals surface area (Å²) in [5.74, 6) is -3.57. The zero-order valence-electron chi connectivity index (χ0n) is 7.30. The number of benzene rings is 1. The van der Waals surface area contributed by atoms with Crippen LogP contribution in [0.1, 0.15) is 18.4 Å². The molecule has 2 atom stereocenters. The summed E-state index contributed by atoms with van der Waals surface area (Å²) in [6.45, 7) is 1.39. The van der Waals surface area contributed by atoms with Crippen molar-refractivity contribution >= 4 is 0 Å². The molecule has 1 aliphatic carbocycles. The summed E-state index contributed by atoms with van der Waals surface area (Å²) in [5.41, 5.74) is 4.73. The average molecular weight is 183 g/mol. The van der Waals surface area contributed by atoms with Gasteiger partial charge in [-0.3, -0.25) is 0 Å². The average Bonchev–Trinajstić information content (AvgIpc) is 2.44. The molecule has 1 fully saturated rings. The maximum atomic E-state index is 13.1. The van der Waals surface area contributed by atoms with Gasteiger partial charge < -0.3 is 5.73 Å². The van der Waals surface area contributed by atoms with Gasteiger partial charge in [-0.25, -0.2) is 8.78 Å². The molecular formula is C10H11F2N. The Morgan fingerprint density at radius 2 is 1.69 bits per heavy atom. The Bertz CT molecular complexity index is 305. The zero-order chi connectivity index (χ0) is 9.69. The lowest BCUT2D eigenvalue weighted by atomic mass is 10.1. The lowest BCUT2D eigenvalue weighted by Gasteiger charge is -1.99. The number of hydrogen-bond acceptors (Lipinski definition) is 1. The highest BCUT2D eigenvalue weighted by atomic mass is 19.3. The summed E-state index contributed by atoms with van der Waals surface area (Å²) in [6, 6.07) is 8.69. The third kappa shape index (κ3) is 1.000. The van der Waals surface area contributed by atoms with Crippen molar-refractivity contribution in [2.75, 3.05) is 0 Å². The summed E-state index contributed by atoms with van der Waals surface area (Å²) in [4.78, 5) is 0. The summed E-state index contributed by atoms with van der Waals surface area (Å²) < 4.78 is 26.3. The number of halogens is 2. The summed E-state index contributed by atoms with van der Waals surface area (Å²) in [5, 5.41) is 0. The topological polar surface area (TPSA) is 26.0 Å². The third-order valence-corrected chi connectivity index (χ3v) is 2.73. The van der Waals surface area contributed by atoms with Gasteiger partial charge in [0, 0.05) is 0 Å². The molecule has 0 aliphatic heterocycles. The summed E-state index contributed by atoms with van der Waals surface area (Å²) >= 11 is 0. The van der Waals surface area contributed by atoms with E-state index in [0.717, 1.165) is 0 Å². The molecule has 0 amide bonds. The monoisotopic (exact) mass is 183 g/mol.